The number of nitrogens with two attached hydrogens (primary N) is 1. The highest BCUT2D eigenvalue weighted by molar-refractivity contribution is 7.09. The molecule has 0 aliphatic rings. The lowest BCUT2D eigenvalue weighted by atomic mass is 10.1. The Morgan fingerprint density at radius 2 is 2.30 bits per heavy atom. The zero-order valence-corrected chi connectivity index (χ0v) is 12.8. The molecule has 108 valence electrons. The second kappa shape index (κ2) is 6.19. The van der Waals surface area contributed by atoms with E-state index in [1.807, 2.05) is 43.3 Å². The molecule has 1 amide bonds. The maximum absolute atomic E-state index is 12.6. The molecular weight excluding hydrogens is 272 g/mol. The van der Waals surface area contributed by atoms with Crippen LogP contribution in [0.25, 0.3) is 0 Å². The van der Waals surface area contributed by atoms with Gasteiger partial charge in [-0.3, -0.25) is 9.48 Å². The Kier molecular flexibility index (Phi) is 4.57. The quantitative estimate of drug-likeness (QED) is 0.915. The third kappa shape index (κ3) is 3.26. The van der Waals surface area contributed by atoms with Crippen molar-refractivity contribution in [3.8, 4) is 0 Å². The van der Waals surface area contributed by atoms with E-state index in [2.05, 4.69) is 5.10 Å². The smallest absolute Gasteiger partial charge is 0.244 e. The van der Waals surface area contributed by atoms with E-state index in [1.54, 1.807) is 28.4 Å². The van der Waals surface area contributed by atoms with E-state index in [0.717, 1.165) is 10.4 Å². The summed E-state index contributed by atoms with van der Waals surface area (Å²) in [5, 5.41) is 6.08. The summed E-state index contributed by atoms with van der Waals surface area (Å²) < 4.78 is 1.65. The molecule has 20 heavy (non-hydrogen) atoms. The molecule has 0 saturated heterocycles. The van der Waals surface area contributed by atoms with Gasteiger partial charge in [0.1, 0.15) is 6.04 Å². The van der Waals surface area contributed by atoms with Crippen molar-refractivity contribution < 1.29 is 4.79 Å². The summed E-state index contributed by atoms with van der Waals surface area (Å²) in [7, 11) is 1.81. The van der Waals surface area contributed by atoms with Crippen LogP contribution in [0.5, 0.6) is 0 Å². The number of rotatable bonds is 5. The number of carbonyl (C=O) groups excluding carboxylic acids is 1. The lowest BCUT2D eigenvalue weighted by Crippen LogP contribution is -2.42. The Hall–Kier alpha value is -1.66. The SMILES string of the molecule is CC(C)N(Cc1cccs1)C(=O)C(N)c1cnn(C)c1. The van der Waals surface area contributed by atoms with Gasteiger partial charge in [-0.15, -0.1) is 11.3 Å². The van der Waals surface area contributed by atoms with Crippen LogP contribution in [0.4, 0.5) is 0 Å². The van der Waals surface area contributed by atoms with Gasteiger partial charge in [-0.1, -0.05) is 6.07 Å². The highest BCUT2D eigenvalue weighted by Crippen LogP contribution is 2.19. The zero-order chi connectivity index (χ0) is 14.7. The third-order valence-corrected chi connectivity index (χ3v) is 4.02. The van der Waals surface area contributed by atoms with Crippen LogP contribution >= 0.6 is 11.3 Å². The summed E-state index contributed by atoms with van der Waals surface area (Å²) in [6.45, 7) is 4.60. The number of thiophene rings is 1. The number of hydrogen-bond acceptors (Lipinski definition) is 4. The molecule has 0 fully saturated rings. The molecular formula is C14H20N4OS. The van der Waals surface area contributed by atoms with Gasteiger partial charge in [-0.25, -0.2) is 0 Å². The van der Waals surface area contributed by atoms with Gasteiger partial charge in [0.25, 0.3) is 0 Å². The number of hydrogen-bond donors (Lipinski definition) is 1. The molecule has 0 radical (unpaired) electrons. The molecule has 0 spiro atoms. The van der Waals surface area contributed by atoms with E-state index in [4.69, 9.17) is 5.73 Å². The molecule has 2 rings (SSSR count). The van der Waals surface area contributed by atoms with Gasteiger partial charge in [0, 0.05) is 29.7 Å². The number of carbonyl (C=O) groups is 1. The summed E-state index contributed by atoms with van der Waals surface area (Å²) in [5.41, 5.74) is 6.82. The predicted octanol–water partition coefficient (Wildman–Crippen LogP) is 1.92. The van der Waals surface area contributed by atoms with E-state index in [1.165, 1.54) is 0 Å². The van der Waals surface area contributed by atoms with Crippen molar-refractivity contribution >= 4 is 17.2 Å². The van der Waals surface area contributed by atoms with Crippen LogP contribution in [-0.2, 0) is 18.4 Å². The second-order valence-electron chi connectivity index (χ2n) is 5.06. The Balaban J connectivity index is 2.14. The summed E-state index contributed by atoms with van der Waals surface area (Å²) in [6.07, 6.45) is 3.43. The summed E-state index contributed by atoms with van der Waals surface area (Å²) in [4.78, 5) is 15.6. The highest BCUT2D eigenvalue weighted by Gasteiger charge is 2.25. The Morgan fingerprint density at radius 3 is 2.80 bits per heavy atom. The van der Waals surface area contributed by atoms with Crippen molar-refractivity contribution in [3.05, 3.63) is 40.3 Å². The molecule has 2 heterocycles. The summed E-state index contributed by atoms with van der Waals surface area (Å²) in [6, 6.07) is 3.46. The van der Waals surface area contributed by atoms with Crippen LogP contribution in [0.2, 0.25) is 0 Å². The van der Waals surface area contributed by atoms with Gasteiger partial charge in [-0.2, -0.15) is 5.10 Å². The van der Waals surface area contributed by atoms with Crippen molar-refractivity contribution in [2.75, 3.05) is 0 Å². The van der Waals surface area contributed by atoms with Crippen LogP contribution in [-0.4, -0.2) is 26.6 Å². The van der Waals surface area contributed by atoms with Crippen LogP contribution in [0.15, 0.2) is 29.9 Å². The normalized spacial score (nSPS) is 12.7. The molecule has 0 aliphatic heterocycles. The summed E-state index contributed by atoms with van der Waals surface area (Å²) in [5.74, 6) is -0.0681. The Morgan fingerprint density at radius 1 is 1.55 bits per heavy atom. The predicted molar refractivity (Wildman–Crippen MR) is 80.1 cm³/mol. The molecule has 1 unspecified atom stereocenters. The molecule has 2 aromatic heterocycles. The van der Waals surface area contributed by atoms with Crippen LogP contribution in [0.3, 0.4) is 0 Å². The summed E-state index contributed by atoms with van der Waals surface area (Å²) >= 11 is 1.65. The Bertz CT molecular complexity index is 562. The maximum atomic E-state index is 12.6. The fraction of sp³-hybridized carbons (Fsp3) is 0.429. The lowest BCUT2D eigenvalue weighted by Gasteiger charge is -2.28. The lowest BCUT2D eigenvalue weighted by molar-refractivity contribution is -0.135. The van der Waals surface area contributed by atoms with Crippen LogP contribution < -0.4 is 5.73 Å². The first kappa shape index (κ1) is 14.7. The molecule has 2 aromatic rings. The molecule has 6 heteroatoms. The maximum Gasteiger partial charge on any atom is 0.244 e. The van der Waals surface area contributed by atoms with Gasteiger partial charge in [0.2, 0.25) is 5.91 Å². The second-order valence-corrected chi connectivity index (χ2v) is 6.10. The number of nitrogens with zero attached hydrogens (tertiary/aromatic N) is 3. The third-order valence-electron chi connectivity index (χ3n) is 3.16. The average Bonchev–Trinajstić information content (AvgIpc) is 3.05. The Labute approximate surface area is 123 Å². The van der Waals surface area contributed by atoms with Gasteiger partial charge in [0.05, 0.1) is 12.7 Å². The van der Waals surface area contributed by atoms with Gasteiger partial charge in [0.15, 0.2) is 0 Å². The van der Waals surface area contributed by atoms with E-state index < -0.39 is 6.04 Å². The van der Waals surface area contributed by atoms with Crippen molar-refractivity contribution in [3.63, 3.8) is 0 Å². The van der Waals surface area contributed by atoms with Crippen molar-refractivity contribution in [2.24, 2.45) is 12.8 Å². The molecule has 0 bridgehead atoms. The molecule has 0 aliphatic carbocycles. The molecule has 1 atom stereocenters. The first-order valence-corrected chi connectivity index (χ1v) is 7.44. The fourth-order valence-electron chi connectivity index (χ4n) is 2.01. The van der Waals surface area contributed by atoms with Gasteiger partial charge >= 0.3 is 0 Å². The van der Waals surface area contributed by atoms with Gasteiger partial charge in [-0.05, 0) is 25.3 Å². The monoisotopic (exact) mass is 292 g/mol. The zero-order valence-electron chi connectivity index (χ0n) is 12.0. The van der Waals surface area contributed by atoms with E-state index in [-0.39, 0.29) is 11.9 Å². The van der Waals surface area contributed by atoms with Crippen molar-refractivity contribution in [2.45, 2.75) is 32.5 Å². The molecule has 0 aromatic carbocycles. The fourth-order valence-corrected chi connectivity index (χ4v) is 2.71. The van der Waals surface area contributed by atoms with Crippen LogP contribution in [0.1, 0.15) is 30.3 Å². The molecule has 0 saturated carbocycles. The minimum absolute atomic E-state index is 0.0681. The standard InChI is InChI=1S/C14H20N4OS/c1-10(2)18(9-12-5-4-6-20-12)14(19)13(15)11-7-16-17(3)8-11/h4-8,10,13H,9,15H2,1-3H3. The number of amides is 1. The highest BCUT2D eigenvalue weighted by atomic mass is 32.1. The van der Waals surface area contributed by atoms with E-state index in [0.29, 0.717) is 6.54 Å². The first-order chi connectivity index (χ1) is 9.49. The van der Waals surface area contributed by atoms with E-state index in [9.17, 15) is 4.79 Å². The minimum Gasteiger partial charge on any atom is -0.333 e. The van der Waals surface area contributed by atoms with Gasteiger partial charge < -0.3 is 10.6 Å². The largest absolute Gasteiger partial charge is 0.333 e. The van der Waals surface area contributed by atoms with E-state index >= 15 is 0 Å². The minimum atomic E-state index is -0.661. The average molecular weight is 292 g/mol. The van der Waals surface area contributed by atoms with Crippen molar-refractivity contribution in [1.29, 1.82) is 0 Å². The topological polar surface area (TPSA) is 64.2 Å². The first-order valence-electron chi connectivity index (χ1n) is 6.56. The number of aryl methyl sites for hydroxylation is 1. The molecule has 5 nitrogen and oxygen atoms in total. The molecule has 2 N–H and O–H groups in total. The van der Waals surface area contributed by atoms with Crippen LogP contribution in [0, 0.1) is 0 Å². The van der Waals surface area contributed by atoms with Crippen molar-refractivity contribution in [1.82, 2.24) is 14.7 Å². The number of aromatic nitrogens is 2.